The van der Waals surface area contributed by atoms with Crippen LogP contribution in [-0.4, -0.2) is 22.9 Å². The lowest BCUT2D eigenvalue weighted by Gasteiger charge is -2.54. The summed E-state index contributed by atoms with van der Waals surface area (Å²) in [4.78, 5) is 0. The zero-order valence-corrected chi connectivity index (χ0v) is 11.2. The molecule has 1 saturated heterocycles. The van der Waals surface area contributed by atoms with Gasteiger partial charge >= 0.3 is 6.18 Å². The van der Waals surface area contributed by atoms with Crippen LogP contribution in [0, 0.1) is 11.3 Å². The Hall–Kier alpha value is -1.04. The molecule has 2 saturated carbocycles. The van der Waals surface area contributed by atoms with Crippen molar-refractivity contribution in [2.45, 2.75) is 44.3 Å². The van der Waals surface area contributed by atoms with E-state index in [1.807, 2.05) is 0 Å². The van der Waals surface area contributed by atoms with E-state index in [2.05, 4.69) is 10.4 Å². The van der Waals surface area contributed by atoms with Gasteiger partial charge in [0.15, 0.2) is 5.69 Å². The molecule has 3 aliphatic rings. The summed E-state index contributed by atoms with van der Waals surface area (Å²) >= 11 is 0. The number of alkyl halides is 3. The molecule has 4 rings (SSSR count). The Balaban J connectivity index is 1.51. The van der Waals surface area contributed by atoms with Crippen molar-refractivity contribution in [3.63, 3.8) is 0 Å². The zero-order chi connectivity index (χ0) is 14.0. The van der Waals surface area contributed by atoms with E-state index in [-0.39, 0.29) is 6.04 Å². The second-order valence-corrected chi connectivity index (χ2v) is 6.79. The third kappa shape index (κ3) is 2.05. The first-order chi connectivity index (χ1) is 9.45. The average Bonchev–Trinajstić information content (AvgIpc) is 3.00. The first kappa shape index (κ1) is 12.7. The van der Waals surface area contributed by atoms with E-state index in [0.717, 1.165) is 38.8 Å². The van der Waals surface area contributed by atoms with Gasteiger partial charge < -0.3 is 5.32 Å². The maximum atomic E-state index is 13.1. The Labute approximate surface area is 115 Å². The van der Waals surface area contributed by atoms with Gasteiger partial charge in [-0.1, -0.05) is 0 Å². The molecular weight excluding hydrogens is 267 g/mol. The van der Waals surface area contributed by atoms with Gasteiger partial charge in [-0.2, -0.15) is 18.3 Å². The Kier molecular flexibility index (Phi) is 2.53. The predicted octanol–water partition coefficient (Wildman–Crippen LogP) is 2.78. The number of nitrogens with one attached hydrogen (secondary N) is 1. The number of nitrogens with zero attached hydrogens (tertiary/aromatic N) is 2. The van der Waals surface area contributed by atoms with Gasteiger partial charge in [-0.15, -0.1) is 0 Å². The summed E-state index contributed by atoms with van der Waals surface area (Å²) in [5, 5.41) is 7.06. The lowest BCUT2D eigenvalue weighted by atomic mass is 9.57. The summed E-state index contributed by atoms with van der Waals surface area (Å²) in [6, 6.07) is 0.202. The molecule has 0 bridgehead atoms. The summed E-state index contributed by atoms with van der Waals surface area (Å²) in [7, 11) is 0. The molecule has 1 aliphatic heterocycles. The molecule has 1 aromatic rings. The van der Waals surface area contributed by atoms with Crippen LogP contribution < -0.4 is 5.32 Å². The monoisotopic (exact) mass is 285 g/mol. The fourth-order valence-corrected chi connectivity index (χ4v) is 3.73. The van der Waals surface area contributed by atoms with Crippen LogP contribution >= 0.6 is 0 Å². The molecule has 1 spiro atoms. The fourth-order valence-electron chi connectivity index (χ4n) is 3.73. The molecule has 6 heteroatoms. The molecule has 0 unspecified atom stereocenters. The van der Waals surface area contributed by atoms with Gasteiger partial charge in [-0.05, 0) is 43.4 Å². The van der Waals surface area contributed by atoms with Crippen LogP contribution in [0.2, 0.25) is 0 Å². The summed E-state index contributed by atoms with van der Waals surface area (Å²) in [6.45, 7) is 2.08. The SMILES string of the molecule is FC(F)(F)c1nn(C2CC2)cc1CC1CC2(CNC2)C1. The van der Waals surface area contributed by atoms with Crippen molar-refractivity contribution in [1.82, 2.24) is 15.1 Å². The normalized spacial score (nSPS) is 25.6. The second kappa shape index (κ2) is 4.00. The molecule has 3 fully saturated rings. The van der Waals surface area contributed by atoms with Gasteiger partial charge in [0.05, 0.1) is 6.04 Å². The van der Waals surface area contributed by atoms with Gasteiger partial charge in [0.1, 0.15) is 0 Å². The molecule has 0 atom stereocenters. The van der Waals surface area contributed by atoms with E-state index in [1.54, 1.807) is 6.20 Å². The van der Waals surface area contributed by atoms with Crippen LogP contribution in [-0.2, 0) is 12.6 Å². The Morgan fingerprint density at radius 1 is 1.30 bits per heavy atom. The first-order valence-corrected chi connectivity index (χ1v) is 7.31. The fraction of sp³-hybridized carbons (Fsp3) is 0.786. The maximum absolute atomic E-state index is 13.1. The smallest absolute Gasteiger partial charge is 0.316 e. The zero-order valence-electron chi connectivity index (χ0n) is 11.2. The van der Waals surface area contributed by atoms with Crippen LogP contribution in [0.15, 0.2) is 6.20 Å². The van der Waals surface area contributed by atoms with Crippen LogP contribution in [0.25, 0.3) is 0 Å². The van der Waals surface area contributed by atoms with Crippen molar-refractivity contribution < 1.29 is 13.2 Å². The van der Waals surface area contributed by atoms with Gasteiger partial charge in [-0.3, -0.25) is 4.68 Å². The number of aromatic nitrogens is 2. The molecule has 2 aliphatic carbocycles. The van der Waals surface area contributed by atoms with Crippen LogP contribution in [0.4, 0.5) is 13.2 Å². The summed E-state index contributed by atoms with van der Waals surface area (Å²) in [5.41, 5.74) is 0.156. The summed E-state index contributed by atoms with van der Waals surface area (Å²) in [6.07, 6.45) is 1.88. The van der Waals surface area contributed by atoms with E-state index in [9.17, 15) is 13.2 Å². The van der Waals surface area contributed by atoms with E-state index in [4.69, 9.17) is 0 Å². The second-order valence-electron chi connectivity index (χ2n) is 6.79. The lowest BCUT2D eigenvalue weighted by molar-refractivity contribution is -0.142. The van der Waals surface area contributed by atoms with Gasteiger partial charge in [0.2, 0.25) is 0 Å². The number of rotatable bonds is 3. The third-order valence-corrected chi connectivity index (χ3v) is 4.95. The Morgan fingerprint density at radius 3 is 2.50 bits per heavy atom. The Bertz CT molecular complexity index is 518. The summed E-state index contributed by atoms with van der Waals surface area (Å²) < 4.78 is 40.7. The first-order valence-electron chi connectivity index (χ1n) is 7.31. The molecule has 3 nitrogen and oxygen atoms in total. The molecule has 2 heterocycles. The van der Waals surface area contributed by atoms with Crippen molar-refractivity contribution in [3.05, 3.63) is 17.5 Å². The predicted molar refractivity (Wildman–Crippen MR) is 67.2 cm³/mol. The number of hydrogen-bond donors (Lipinski definition) is 1. The van der Waals surface area contributed by atoms with Crippen LogP contribution in [0.5, 0.6) is 0 Å². The van der Waals surface area contributed by atoms with Crippen LogP contribution in [0.1, 0.15) is 43.0 Å². The van der Waals surface area contributed by atoms with Gasteiger partial charge in [0, 0.05) is 24.8 Å². The minimum atomic E-state index is -4.32. The van der Waals surface area contributed by atoms with E-state index < -0.39 is 11.9 Å². The highest BCUT2D eigenvalue weighted by molar-refractivity contribution is 5.23. The minimum absolute atomic E-state index is 0.202. The maximum Gasteiger partial charge on any atom is 0.435 e. The summed E-state index contributed by atoms with van der Waals surface area (Å²) in [5.74, 6) is 0.398. The molecule has 0 amide bonds. The molecular formula is C14H18F3N3. The number of hydrogen-bond acceptors (Lipinski definition) is 2. The molecule has 110 valence electrons. The average molecular weight is 285 g/mol. The highest BCUT2D eigenvalue weighted by Gasteiger charge is 2.49. The number of halogens is 3. The lowest BCUT2D eigenvalue weighted by Crippen LogP contribution is -2.60. The highest BCUT2D eigenvalue weighted by Crippen LogP contribution is 2.50. The van der Waals surface area contributed by atoms with Crippen LogP contribution in [0.3, 0.4) is 0 Å². The van der Waals surface area contributed by atoms with Crippen molar-refractivity contribution >= 4 is 0 Å². The van der Waals surface area contributed by atoms with Gasteiger partial charge in [-0.25, -0.2) is 0 Å². The van der Waals surface area contributed by atoms with Crippen molar-refractivity contribution in [2.75, 3.05) is 13.1 Å². The largest absolute Gasteiger partial charge is 0.435 e. The van der Waals surface area contributed by atoms with E-state index in [1.165, 1.54) is 4.68 Å². The van der Waals surface area contributed by atoms with Gasteiger partial charge in [0.25, 0.3) is 0 Å². The minimum Gasteiger partial charge on any atom is -0.316 e. The van der Waals surface area contributed by atoms with E-state index in [0.29, 0.717) is 23.3 Å². The molecule has 1 N–H and O–H groups in total. The quantitative estimate of drug-likeness (QED) is 0.925. The molecule has 20 heavy (non-hydrogen) atoms. The van der Waals surface area contributed by atoms with Crippen molar-refractivity contribution in [2.24, 2.45) is 11.3 Å². The Morgan fingerprint density at radius 2 is 2.00 bits per heavy atom. The molecule has 1 aromatic heterocycles. The third-order valence-electron chi connectivity index (χ3n) is 4.95. The highest BCUT2D eigenvalue weighted by atomic mass is 19.4. The van der Waals surface area contributed by atoms with Crippen molar-refractivity contribution in [1.29, 1.82) is 0 Å². The van der Waals surface area contributed by atoms with E-state index >= 15 is 0 Å². The molecule has 0 radical (unpaired) electrons. The van der Waals surface area contributed by atoms with Crippen molar-refractivity contribution in [3.8, 4) is 0 Å². The standard InChI is InChI=1S/C14H18F3N3/c15-14(16,17)12-10(6-20(19-12)11-1-2-11)3-9-4-13(5-9)7-18-8-13/h6,9,11,18H,1-5,7-8H2. The molecule has 0 aromatic carbocycles. The topological polar surface area (TPSA) is 29.9 Å².